The van der Waals surface area contributed by atoms with Crippen molar-refractivity contribution in [3.63, 3.8) is 0 Å². The van der Waals surface area contributed by atoms with Gasteiger partial charge in [0.15, 0.2) is 0 Å². The number of nitrogens with one attached hydrogen (secondary N) is 1. The Morgan fingerprint density at radius 1 is 1.40 bits per heavy atom. The van der Waals surface area contributed by atoms with E-state index in [4.69, 9.17) is 4.74 Å². The van der Waals surface area contributed by atoms with E-state index in [-0.39, 0.29) is 6.10 Å². The summed E-state index contributed by atoms with van der Waals surface area (Å²) in [4.78, 5) is 6.94. The lowest BCUT2D eigenvalue weighted by Gasteiger charge is -2.34. The summed E-state index contributed by atoms with van der Waals surface area (Å²) >= 11 is 0. The SMILES string of the molecule is CCCN1CCC(n2cncc2C2CNCCO2)CC1. The van der Waals surface area contributed by atoms with Crippen molar-refractivity contribution in [2.45, 2.75) is 38.3 Å². The minimum Gasteiger partial charge on any atom is -0.369 e. The van der Waals surface area contributed by atoms with Crippen LogP contribution in [0.3, 0.4) is 0 Å². The van der Waals surface area contributed by atoms with Crippen LogP contribution in [-0.4, -0.2) is 53.8 Å². The number of hydrogen-bond acceptors (Lipinski definition) is 4. The van der Waals surface area contributed by atoms with Crippen molar-refractivity contribution in [1.82, 2.24) is 19.8 Å². The molecule has 0 aliphatic carbocycles. The van der Waals surface area contributed by atoms with E-state index in [1.165, 1.54) is 44.6 Å². The van der Waals surface area contributed by atoms with E-state index in [0.717, 1.165) is 19.7 Å². The molecule has 0 aromatic carbocycles. The Hall–Kier alpha value is -0.910. The number of imidazole rings is 1. The molecule has 5 heteroatoms. The van der Waals surface area contributed by atoms with Gasteiger partial charge in [-0.25, -0.2) is 4.98 Å². The highest BCUT2D eigenvalue weighted by Crippen LogP contribution is 2.28. The van der Waals surface area contributed by atoms with Gasteiger partial charge in [-0.3, -0.25) is 0 Å². The summed E-state index contributed by atoms with van der Waals surface area (Å²) in [5.74, 6) is 0. The van der Waals surface area contributed by atoms with Crippen LogP contribution in [0.2, 0.25) is 0 Å². The summed E-state index contributed by atoms with van der Waals surface area (Å²) in [5.41, 5.74) is 1.24. The standard InChI is InChI=1S/C15H26N4O/c1-2-6-18-7-3-13(4-8-18)19-12-17-10-14(19)15-11-16-5-9-20-15/h10,12-13,15-16H,2-9,11H2,1H3. The number of hydrogen-bond donors (Lipinski definition) is 1. The molecule has 1 aromatic heterocycles. The molecule has 2 aliphatic rings. The number of aromatic nitrogens is 2. The van der Waals surface area contributed by atoms with Crippen LogP contribution in [0, 0.1) is 0 Å². The van der Waals surface area contributed by atoms with Crippen molar-refractivity contribution in [2.75, 3.05) is 39.3 Å². The summed E-state index contributed by atoms with van der Waals surface area (Å²) < 4.78 is 8.24. The molecular weight excluding hydrogens is 252 g/mol. The molecule has 1 N–H and O–H groups in total. The predicted molar refractivity (Wildman–Crippen MR) is 78.8 cm³/mol. The summed E-state index contributed by atoms with van der Waals surface area (Å²) in [6, 6.07) is 0.589. The van der Waals surface area contributed by atoms with Crippen LogP contribution in [0.5, 0.6) is 0 Å². The Kier molecular flexibility index (Phi) is 4.70. The molecule has 2 aliphatic heterocycles. The largest absolute Gasteiger partial charge is 0.369 e. The van der Waals surface area contributed by atoms with Crippen molar-refractivity contribution in [3.8, 4) is 0 Å². The van der Waals surface area contributed by atoms with Crippen LogP contribution in [0.1, 0.15) is 44.0 Å². The molecule has 3 rings (SSSR count). The van der Waals surface area contributed by atoms with E-state index in [0.29, 0.717) is 6.04 Å². The van der Waals surface area contributed by atoms with Crippen molar-refractivity contribution in [2.24, 2.45) is 0 Å². The van der Waals surface area contributed by atoms with Gasteiger partial charge in [-0.15, -0.1) is 0 Å². The van der Waals surface area contributed by atoms with Crippen LogP contribution >= 0.6 is 0 Å². The lowest BCUT2D eigenvalue weighted by molar-refractivity contribution is 0.0209. The predicted octanol–water partition coefficient (Wildman–Crippen LogP) is 1.59. The Morgan fingerprint density at radius 2 is 2.25 bits per heavy atom. The highest BCUT2D eigenvalue weighted by Gasteiger charge is 2.25. The maximum atomic E-state index is 5.88. The molecule has 20 heavy (non-hydrogen) atoms. The molecule has 0 spiro atoms. The molecule has 3 heterocycles. The number of likely N-dealkylation sites (tertiary alicyclic amines) is 1. The molecule has 1 aromatic rings. The van der Waals surface area contributed by atoms with Crippen LogP contribution in [-0.2, 0) is 4.74 Å². The summed E-state index contributed by atoms with van der Waals surface area (Å²) in [5, 5.41) is 3.40. The maximum Gasteiger partial charge on any atom is 0.111 e. The van der Waals surface area contributed by atoms with Gasteiger partial charge in [-0.05, 0) is 25.8 Å². The summed E-state index contributed by atoms with van der Waals surface area (Å²) in [6.45, 7) is 8.57. The van der Waals surface area contributed by atoms with Crippen LogP contribution in [0.15, 0.2) is 12.5 Å². The fraction of sp³-hybridized carbons (Fsp3) is 0.800. The average molecular weight is 278 g/mol. The lowest BCUT2D eigenvalue weighted by atomic mass is 10.0. The smallest absolute Gasteiger partial charge is 0.111 e. The van der Waals surface area contributed by atoms with Gasteiger partial charge in [-0.2, -0.15) is 0 Å². The van der Waals surface area contributed by atoms with Crippen molar-refractivity contribution in [1.29, 1.82) is 0 Å². The van der Waals surface area contributed by atoms with E-state index in [2.05, 4.69) is 26.7 Å². The second-order valence-corrected chi connectivity index (χ2v) is 5.86. The molecule has 112 valence electrons. The lowest BCUT2D eigenvalue weighted by Crippen LogP contribution is -2.37. The molecule has 0 bridgehead atoms. The van der Waals surface area contributed by atoms with Crippen LogP contribution < -0.4 is 5.32 Å². The third-order valence-electron chi connectivity index (χ3n) is 4.44. The summed E-state index contributed by atoms with van der Waals surface area (Å²) in [7, 11) is 0. The first-order valence-corrected chi connectivity index (χ1v) is 7.95. The molecule has 5 nitrogen and oxygen atoms in total. The first-order chi connectivity index (χ1) is 9.88. The van der Waals surface area contributed by atoms with Gasteiger partial charge >= 0.3 is 0 Å². The van der Waals surface area contributed by atoms with Gasteiger partial charge in [-0.1, -0.05) is 6.92 Å². The number of ether oxygens (including phenoxy) is 1. The average Bonchev–Trinajstić information content (AvgIpc) is 2.99. The molecule has 2 saturated heterocycles. The highest BCUT2D eigenvalue weighted by atomic mass is 16.5. The van der Waals surface area contributed by atoms with Gasteiger partial charge in [0.25, 0.3) is 0 Å². The Bertz CT molecular complexity index is 406. The number of rotatable bonds is 4. The van der Waals surface area contributed by atoms with Gasteiger partial charge < -0.3 is 19.5 Å². The Labute approximate surface area is 121 Å². The van der Waals surface area contributed by atoms with Crippen LogP contribution in [0.25, 0.3) is 0 Å². The fourth-order valence-electron chi connectivity index (χ4n) is 3.36. The molecular formula is C15H26N4O. The Morgan fingerprint density at radius 3 is 2.95 bits per heavy atom. The van der Waals surface area contributed by atoms with E-state index in [9.17, 15) is 0 Å². The van der Waals surface area contributed by atoms with Crippen LogP contribution in [0.4, 0.5) is 0 Å². The van der Waals surface area contributed by atoms with E-state index in [1.807, 2.05) is 12.5 Å². The van der Waals surface area contributed by atoms with Crippen molar-refractivity contribution >= 4 is 0 Å². The maximum absolute atomic E-state index is 5.88. The zero-order chi connectivity index (χ0) is 13.8. The zero-order valence-electron chi connectivity index (χ0n) is 12.4. The third-order valence-corrected chi connectivity index (χ3v) is 4.44. The van der Waals surface area contributed by atoms with E-state index < -0.39 is 0 Å². The minimum absolute atomic E-state index is 0.167. The summed E-state index contributed by atoms with van der Waals surface area (Å²) in [6.07, 6.45) is 7.85. The van der Waals surface area contributed by atoms with E-state index >= 15 is 0 Å². The quantitative estimate of drug-likeness (QED) is 0.908. The van der Waals surface area contributed by atoms with Gasteiger partial charge in [0.2, 0.25) is 0 Å². The second kappa shape index (κ2) is 6.70. The molecule has 1 unspecified atom stereocenters. The monoisotopic (exact) mass is 278 g/mol. The second-order valence-electron chi connectivity index (χ2n) is 5.86. The molecule has 0 saturated carbocycles. The minimum atomic E-state index is 0.167. The number of morpholine rings is 1. The van der Waals surface area contributed by atoms with Gasteiger partial charge in [0.1, 0.15) is 6.10 Å². The van der Waals surface area contributed by atoms with E-state index in [1.54, 1.807) is 0 Å². The van der Waals surface area contributed by atoms with Gasteiger partial charge in [0.05, 0.1) is 24.8 Å². The topological polar surface area (TPSA) is 42.3 Å². The molecule has 2 fully saturated rings. The van der Waals surface area contributed by atoms with Crippen molar-refractivity contribution < 1.29 is 4.74 Å². The third kappa shape index (κ3) is 3.05. The first-order valence-electron chi connectivity index (χ1n) is 7.95. The van der Waals surface area contributed by atoms with Gasteiger partial charge in [0, 0.05) is 32.2 Å². The fourth-order valence-corrected chi connectivity index (χ4v) is 3.36. The Balaban J connectivity index is 1.64. The molecule has 0 amide bonds. The highest BCUT2D eigenvalue weighted by molar-refractivity contribution is 5.07. The zero-order valence-corrected chi connectivity index (χ0v) is 12.4. The first kappa shape index (κ1) is 14.0. The molecule has 0 radical (unpaired) electrons. The number of piperidine rings is 1. The number of nitrogens with zero attached hydrogens (tertiary/aromatic N) is 3. The normalized spacial score (nSPS) is 25.9. The molecule has 1 atom stereocenters. The van der Waals surface area contributed by atoms with Crippen molar-refractivity contribution in [3.05, 3.63) is 18.2 Å².